The van der Waals surface area contributed by atoms with Gasteiger partial charge < -0.3 is 10.2 Å². The number of thiophene rings is 1. The summed E-state index contributed by atoms with van der Waals surface area (Å²) in [5.74, 6) is -0.654. The molecule has 0 radical (unpaired) electrons. The summed E-state index contributed by atoms with van der Waals surface area (Å²) >= 11 is 1.66. The highest BCUT2D eigenvalue weighted by molar-refractivity contribution is 7.10. The first-order valence-electron chi connectivity index (χ1n) is 10.7. The van der Waals surface area contributed by atoms with Crippen molar-refractivity contribution in [3.8, 4) is 0 Å². The second-order valence-corrected chi connectivity index (χ2v) is 9.70. The monoisotopic (exact) mass is 430 g/mol. The Bertz CT molecular complexity index is 863. The summed E-state index contributed by atoms with van der Waals surface area (Å²) in [6.07, 6.45) is 4.27. The summed E-state index contributed by atoms with van der Waals surface area (Å²) in [5.41, 5.74) is 3.44. The minimum atomic E-state index is -0.368. The van der Waals surface area contributed by atoms with Crippen LogP contribution in [0, 0.1) is 12.8 Å². The van der Waals surface area contributed by atoms with E-state index in [-0.39, 0.29) is 24.3 Å². The second-order valence-electron chi connectivity index (χ2n) is 8.79. The summed E-state index contributed by atoms with van der Waals surface area (Å²) in [5, 5.41) is 4.91. The third-order valence-electron chi connectivity index (χ3n) is 6.52. The SMILES string of the molecule is CC1=CC(C)=NC(=O)C1CNC(=O)c1csc(C(C)N2CCC(N(C)C)CC2)c1C. The van der Waals surface area contributed by atoms with E-state index in [1.165, 1.54) is 17.7 Å². The summed E-state index contributed by atoms with van der Waals surface area (Å²) < 4.78 is 0. The van der Waals surface area contributed by atoms with Crippen molar-refractivity contribution in [2.75, 3.05) is 33.7 Å². The van der Waals surface area contributed by atoms with Crippen molar-refractivity contribution < 1.29 is 9.59 Å². The van der Waals surface area contributed by atoms with Crippen molar-refractivity contribution in [2.24, 2.45) is 10.9 Å². The molecule has 6 nitrogen and oxygen atoms in total. The number of carbonyl (C=O) groups excluding carboxylic acids is 2. The molecule has 0 saturated carbocycles. The molecule has 1 saturated heterocycles. The van der Waals surface area contributed by atoms with Gasteiger partial charge in [-0.25, -0.2) is 4.99 Å². The molecule has 2 amide bonds. The van der Waals surface area contributed by atoms with E-state index >= 15 is 0 Å². The van der Waals surface area contributed by atoms with E-state index in [4.69, 9.17) is 0 Å². The number of aliphatic imine (C=N–C) groups is 1. The van der Waals surface area contributed by atoms with Crippen LogP contribution in [0.5, 0.6) is 0 Å². The summed E-state index contributed by atoms with van der Waals surface area (Å²) in [6.45, 7) is 10.5. The molecular weight excluding hydrogens is 396 g/mol. The molecule has 0 spiro atoms. The van der Waals surface area contributed by atoms with Gasteiger partial charge in [0, 0.05) is 47.7 Å². The maximum Gasteiger partial charge on any atom is 0.254 e. The van der Waals surface area contributed by atoms with E-state index in [1.807, 2.05) is 32.2 Å². The van der Waals surface area contributed by atoms with Crippen molar-refractivity contribution >= 4 is 28.9 Å². The van der Waals surface area contributed by atoms with Crippen molar-refractivity contribution in [3.63, 3.8) is 0 Å². The van der Waals surface area contributed by atoms with Gasteiger partial charge in [-0.05, 0) is 66.3 Å². The zero-order chi connectivity index (χ0) is 22.0. The lowest BCUT2D eigenvalue weighted by molar-refractivity contribution is -0.120. The van der Waals surface area contributed by atoms with Crippen molar-refractivity contribution in [1.82, 2.24) is 15.1 Å². The Morgan fingerprint density at radius 1 is 1.30 bits per heavy atom. The van der Waals surface area contributed by atoms with Gasteiger partial charge in [0.05, 0.1) is 11.5 Å². The van der Waals surface area contributed by atoms with Gasteiger partial charge in [0.1, 0.15) is 0 Å². The largest absolute Gasteiger partial charge is 0.351 e. The van der Waals surface area contributed by atoms with Gasteiger partial charge in [0.25, 0.3) is 11.8 Å². The Morgan fingerprint density at radius 3 is 2.57 bits per heavy atom. The van der Waals surface area contributed by atoms with Crippen molar-refractivity contribution in [1.29, 1.82) is 0 Å². The number of rotatable bonds is 6. The fourth-order valence-corrected chi connectivity index (χ4v) is 5.63. The van der Waals surface area contributed by atoms with Gasteiger partial charge in [0.2, 0.25) is 0 Å². The van der Waals surface area contributed by atoms with Gasteiger partial charge in [-0.1, -0.05) is 5.57 Å². The Labute approximate surface area is 184 Å². The molecule has 1 N–H and O–H groups in total. The van der Waals surface area contributed by atoms with E-state index in [0.717, 1.165) is 35.5 Å². The summed E-state index contributed by atoms with van der Waals surface area (Å²) in [4.78, 5) is 35.1. The molecular formula is C23H34N4O2S. The van der Waals surface area contributed by atoms with Crippen LogP contribution in [0.1, 0.15) is 60.5 Å². The highest BCUT2D eigenvalue weighted by Gasteiger charge is 2.28. The average Bonchev–Trinajstić information content (AvgIpc) is 3.08. The van der Waals surface area contributed by atoms with Gasteiger partial charge >= 0.3 is 0 Å². The maximum absolute atomic E-state index is 12.8. The number of dihydropyridines is 1. The number of hydrogen-bond donors (Lipinski definition) is 1. The molecule has 2 aliphatic heterocycles. The van der Waals surface area contributed by atoms with Crippen LogP contribution in [0.2, 0.25) is 0 Å². The average molecular weight is 431 g/mol. The smallest absolute Gasteiger partial charge is 0.254 e. The van der Waals surface area contributed by atoms with E-state index in [0.29, 0.717) is 12.1 Å². The van der Waals surface area contributed by atoms with Crippen LogP contribution < -0.4 is 5.32 Å². The Hall–Kier alpha value is -1.83. The molecule has 2 unspecified atom stereocenters. The number of allylic oxidation sites excluding steroid dienone is 1. The summed E-state index contributed by atoms with van der Waals surface area (Å²) in [6, 6.07) is 0.967. The molecule has 2 atom stereocenters. The molecule has 7 heteroatoms. The second kappa shape index (κ2) is 9.54. The predicted octanol–water partition coefficient (Wildman–Crippen LogP) is 3.44. The highest BCUT2D eigenvalue weighted by Crippen LogP contribution is 2.33. The standard InChI is InChI=1S/C23H34N4O2S/c1-14-11-15(2)25-23(29)19(14)12-24-22(28)20-13-30-21(16(20)3)17(4)27-9-7-18(8-10-27)26(5)6/h11,13,17-19H,7-10,12H2,1-6H3,(H,24,28). The molecule has 0 aliphatic carbocycles. The van der Waals surface area contributed by atoms with Crippen LogP contribution in [0.25, 0.3) is 0 Å². The number of nitrogens with zero attached hydrogens (tertiary/aromatic N) is 3. The lowest BCUT2D eigenvalue weighted by atomic mass is 9.95. The topological polar surface area (TPSA) is 65.0 Å². The highest BCUT2D eigenvalue weighted by atomic mass is 32.1. The minimum Gasteiger partial charge on any atom is -0.351 e. The number of likely N-dealkylation sites (tertiary alicyclic amines) is 1. The Balaban J connectivity index is 1.61. The third-order valence-corrected chi connectivity index (χ3v) is 7.77. The first-order valence-corrected chi connectivity index (χ1v) is 11.6. The van der Waals surface area contributed by atoms with Gasteiger partial charge in [-0.3, -0.25) is 14.5 Å². The van der Waals surface area contributed by atoms with Crippen LogP contribution in [0.15, 0.2) is 22.0 Å². The first-order chi connectivity index (χ1) is 14.2. The fourth-order valence-electron chi connectivity index (χ4n) is 4.47. The van der Waals surface area contributed by atoms with E-state index in [1.54, 1.807) is 11.3 Å². The molecule has 0 aromatic carbocycles. The molecule has 1 aromatic rings. The molecule has 1 fully saturated rings. The summed E-state index contributed by atoms with van der Waals surface area (Å²) in [7, 11) is 4.31. The van der Waals surface area contributed by atoms with Crippen LogP contribution >= 0.6 is 11.3 Å². The molecule has 3 heterocycles. The number of carbonyl (C=O) groups is 2. The first kappa shape index (κ1) is 22.8. The molecule has 0 bridgehead atoms. The minimum absolute atomic E-state index is 0.111. The number of amides is 2. The zero-order valence-electron chi connectivity index (χ0n) is 19.0. The van der Waals surface area contributed by atoms with Crippen LogP contribution in [0.3, 0.4) is 0 Å². The number of nitrogens with one attached hydrogen (secondary N) is 1. The molecule has 1 aromatic heterocycles. The molecule has 3 rings (SSSR count). The quantitative estimate of drug-likeness (QED) is 0.751. The predicted molar refractivity (Wildman–Crippen MR) is 123 cm³/mol. The maximum atomic E-state index is 12.8. The Kier molecular flexibility index (Phi) is 7.26. The van der Waals surface area contributed by atoms with E-state index in [2.05, 4.69) is 41.1 Å². The van der Waals surface area contributed by atoms with Gasteiger partial charge in [-0.15, -0.1) is 11.3 Å². The molecule has 30 heavy (non-hydrogen) atoms. The lowest BCUT2D eigenvalue weighted by Gasteiger charge is -2.38. The van der Waals surface area contributed by atoms with Crippen LogP contribution in [-0.4, -0.2) is 67.1 Å². The third kappa shape index (κ3) is 4.90. The van der Waals surface area contributed by atoms with Crippen molar-refractivity contribution in [3.05, 3.63) is 33.0 Å². The molecule has 2 aliphatic rings. The van der Waals surface area contributed by atoms with Gasteiger partial charge in [0.15, 0.2) is 0 Å². The van der Waals surface area contributed by atoms with E-state index in [9.17, 15) is 9.59 Å². The molecule has 164 valence electrons. The fraction of sp³-hybridized carbons (Fsp3) is 0.609. The zero-order valence-corrected chi connectivity index (χ0v) is 19.8. The van der Waals surface area contributed by atoms with E-state index < -0.39 is 0 Å². The van der Waals surface area contributed by atoms with Crippen LogP contribution in [-0.2, 0) is 4.79 Å². The number of hydrogen-bond acceptors (Lipinski definition) is 5. The lowest BCUT2D eigenvalue weighted by Crippen LogP contribution is -2.42. The van der Waals surface area contributed by atoms with Crippen molar-refractivity contribution in [2.45, 2.75) is 52.6 Å². The van der Waals surface area contributed by atoms with Crippen LogP contribution in [0.4, 0.5) is 0 Å². The number of piperidine rings is 1. The normalized spacial score (nSPS) is 22.1. The van der Waals surface area contributed by atoms with Gasteiger partial charge in [-0.2, -0.15) is 0 Å². The Morgan fingerprint density at radius 2 is 1.97 bits per heavy atom.